The minimum absolute atomic E-state index is 0.398. The fourth-order valence-electron chi connectivity index (χ4n) is 1.07. The van der Waals surface area contributed by atoms with Gasteiger partial charge in [-0.15, -0.1) is 0 Å². The third kappa shape index (κ3) is 3.73. The Kier molecular flexibility index (Phi) is 5.91. The monoisotopic (exact) mass is 252 g/mol. The number of likely N-dealkylation sites (N-methyl/N-ethyl adjacent to an activating group) is 1. The van der Waals surface area contributed by atoms with E-state index in [0.717, 1.165) is 17.1 Å². The summed E-state index contributed by atoms with van der Waals surface area (Å²) in [7, 11) is -0.941. The second-order valence-electron chi connectivity index (χ2n) is 3.71. The second kappa shape index (κ2) is 6.17. The molecule has 0 bridgehead atoms. The molecule has 0 spiro atoms. The first-order valence-electron chi connectivity index (χ1n) is 5.17. The molecule has 0 aromatic heterocycles. The molecule has 0 aromatic carbocycles. The quantitative estimate of drug-likeness (QED) is 0.710. The molecule has 7 heteroatoms. The molecule has 0 rings (SSSR count). The molecular weight excluding hydrogens is 232 g/mol. The summed E-state index contributed by atoms with van der Waals surface area (Å²) in [4.78, 5) is 10.7. The van der Waals surface area contributed by atoms with Gasteiger partial charge in [0, 0.05) is 20.6 Å². The van der Waals surface area contributed by atoms with Crippen LogP contribution in [0.15, 0.2) is 0 Å². The molecule has 0 aliphatic heterocycles. The van der Waals surface area contributed by atoms with Crippen LogP contribution in [0.4, 0.5) is 0 Å². The molecule has 0 fully saturated rings. The highest BCUT2D eigenvalue weighted by Gasteiger charge is 2.30. The lowest BCUT2D eigenvalue weighted by atomic mass is 10.3. The van der Waals surface area contributed by atoms with Crippen molar-refractivity contribution in [3.63, 3.8) is 0 Å². The third-order valence-electron chi connectivity index (χ3n) is 2.49. The molecule has 0 saturated heterocycles. The molecule has 0 aliphatic carbocycles. The Bertz CT molecular complexity index is 328. The fourth-order valence-corrected chi connectivity index (χ4v) is 2.36. The van der Waals surface area contributed by atoms with Crippen molar-refractivity contribution in [3.8, 4) is 0 Å². The van der Waals surface area contributed by atoms with Gasteiger partial charge in [-0.2, -0.15) is 17.0 Å². The zero-order chi connectivity index (χ0) is 12.9. The standard InChI is InChI=1S/C9H20N2O4S/c1-5-6-7-10(3)16(14,15)11(4)8(2)9(12)13/h8H,5-7H2,1-4H3,(H,12,13). The number of aliphatic carboxylic acids is 1. The average molecular weight is 252 g/mol. The number of hydrogen-bond donors (Lipinski definition) is 1. The summed E-state index contributed by atoms with van der Waals surface area (Å²) in [5.74, 6) is -1.16. The van der Waals surface area contributed by atoms with Crippen molar-refractivity contribution in [1.82, 2.24) is 8.61 Å². The molecule has 0 amide bonds. The van der Waals surface area contributed by atoms with E-state index in [1.165, 1.54) is 25.3 Å². The van der Waals surface area contributed by atoms with Crippen LogP contribution >= 0.6 is 0 Å². The maximum absolute atomic E-state index is 11.9. The molecule has 0 saturated carbocycles. The van der Waals surface area contributed by atoms with E-state index >= 15 is 0 Å². The van der Waals surface area contributed by atoms with Crippen molar-refractivity contribution in [3.05, 3.63) is 0 Å². The molecule has 96 valence electrons. The van der Waals surface area contributed by atoms with Gasteiger partial charge in [0.25, 0.3) is 10.2 Å². The van der Waals surface area contributed by atoms with Gasteiger partial charge in [0.2, 0.25) is 0 Å². The average Bonchev–Trinajstić information content (AvgIpc) is 2.23. The van der Waals surface area contributed by atoms with Crippen molar-refractivity contribution in [2.75, 3.05) is 20.6 Å². The van der Waals surface area contributed by atoms with Crippen molar-refractivity contribution in [2.24, 2.45) is 0 Å². The maximum atomic E-state index is 11.9. The maximum Gasteiger partial charge on any atom is 0.321 e. The molecule has 0 aromatic rings. The van der Waals surface area contributed by atoms with Crippen LogP contribution in [0.3, 0.4) is 0 Å². The zero-order valence-corrected chi connectivity index (χ0v) is 11.0. The number of rotatable bonds is 7. The van der Waals surface area contributed by atoms with Gasteiger partial charge in [-0.25, -0.2) is 0 Å². The Labute approximate surface area is 97.0 Å². The zero-order valence-electron chi connectivity index (χ0n) is 10.2. The van der Waals surface area contributed by atoms with Crippen LogP contribution < -0.4 is 0 Å². The minimum atomic E-state index is -3.67. The molecule has 1 N–H and O–H groups in total. The first-order chi connectivity index (χ1) is 7.25. The molecule has 0 aliphatic rings. The van der Waals surface area contributed by atoms with Crippen LogP contribution in [0.2, 0.25) is 0 Å². The Balaban J connectivity index is 4.71. The normalized spacial score (nSPS) is 14.4. The van der Waals surface area contributed by atoms with Crippen LogP contribution in [-0.4, -0.2) is 54.8 Å². The van der Waals surface area contributed by atoms with Crippen LogP contribution in [-0.2, 0) is 15.0 Å². The summed E-state index contributed by atoms with van der Waals surface area (Å²) in [5, 5.41) is 8.75. The van der Waals surface area contributed by atoms with E-state index in [2.05, 4.69) is 0 Å². The van der Waals surface area contributed by atoms with E-state index < -0.39 is 22.2 Å². The Morgan fingerprint density at radius 2 is 1.88 bits per heavy atom. The van der Waals surface area contributed by atoms with Gasteiger partial charge in [-0.05, 0) is 13.3 Å². The molecule has 0 radical (unpaired) electrons. The molecule has 0 heterocycles. The number of unbranched alkanes of at least 4 members (excludes halogenated alkanes) is 1. The number of carboxylic acids is 1. The minimum Gasteiger partial charge on any atom is -0.480 e. The van der Waals surface area contributed by atoms with E-state index in [9.17, 15) is 13.2 Å². The lowest BCUT2D eigenvalue weighted by molar-refractivity contribution is -0.140. The first kappa shape index (κ1) is 15.3. The van der Waals surface area contributed by atoms with Crippen LogP contribution in [0.5, 0.6) is 0 Å². The predicted molar refractivity (Wildman–Crippen MR) is 61.3 cm³/mol. The van der Waals surface area contributed by atoms with Crippen molar-refractivity contribution < 1.29 is 18.3 Å². The number of carbonyl (C=O) groups is 1. The van der Waals surface area contributed by atoms with Crippen molar-refractivity contribution in [2.45, 2.75) is 32.7 Å². The Hall–Kier alpha value is -0.660. The van der Waals surface area contributed by atoms with Gasteiger partial charge >= 0.3 is 5.97 Å². The SMILES string of the molecule is CCCCN(C)S(=O)(=O)N(C)C(C)C(=O)O. The smallest absolute Gasteiger partial charge is 0.321 e. The summed E-state index contributed by atoms with van der Waals surface area (Å²) >= 11 is 0. The summed E-state index contributed by atoms with van der Waals surface area (Å²) in [6, 6.07) is -1.06. The van der Waals surface area contributed by atoms with Gasteiger partial charge < -0.3 is 5.11 Å². The van der Waals surface area contributed by atoms with E-state index in [1.54, 1.807) is 0 Å². The number of nitrogens with zero attached hydrogens (tertiary/aromatic N) is 2. The van der Waals surface area contributed by atoms with E-state index in [4.69, 9.17) is 5.11 Å². The van der Waals surface area contributed by atoms with E-state index in [-0.39, 0.29) is 0 Å². The Morgan fingerprint density at radius 1 is 1.38 bits per heavy atom. The highest BCUT2D eigenvalue weighted by atomic mass is 32.2. The lowest BCUT2D eigenvalue weighted by Crippen LogP contribution is -2.47. The summed E-state index contributed by atoms with van der Waals surface area (Å²) < 4.78 is 25.8. The van der Waals surface area contributed by atoms with Gasteiger partial charge in [-0.1, -0.05) is 13.3 Å². The van der Waals surface area contributed by atoms with Crippen molar-refractivity contribution in [1.29, 1.82) is 0 Å². The summed E-state index contributed by atoms with van der Waals surface area (Å²) in [5.41, 5.74) is 0. The largest absolute Gasteiger partial charge is 0.480 e. The highest BCUT2D eigenvalue weighted by Crippen LogP contribution is 2.09. The summed E-state index contributed by atoms with van der Waals surface area (Å²) in [6.45, 7) is 3.70. The van der Waals surface area contributed by atoms with E-state index in [1.807, 2.05) is 6.92 Å². The van der Waals surface area contributed by atoms with Gasteiger partial charge in [0.1, 0.15) is 6.04 Å². The Morgan fingerprint density at radius 3 is 2.25 bits per heavy atom. The van der Waals surface area contributed by atoms with Crippen LogP contribution in [0.1, 0.15) is 26.7 Å². The highest BCUT2D eigenvalue weighted by molar-refractivity contribution is 7.86. The second-order valence-corrected chi connectivity index (χ2v) is 5.81. The topological polar surface area (TPSA) is 77.9 Å². The molecular formula is C9H20N2O4S. The number of carboxylic acid groups (broad SMARTS) is 1. The van der Waals surface area contributed by atoms with E-state index in [0.29, 0.717) is 6.54 Å². The number of hydrogen-bond acceptors (Lipinski definition) is 3. The van der Waals surface area contributed by atoms with Gasteiger partial charge in [-0.3, -0.25) is 4.79 Å². The molecule has 1 unspecified atom stereocenters. The molecule has 16 heavy (non-hydrogen) atoms. The fraction of sp³-hybridized carbons (Fsp3) is 0.889. The third-order valence-corrected chi connectivity index (χ3v) is 4.50. The predicted octanol–water partition coefficient (Wildman–Crippen LogP) is 0.368. The molecule has 1 atom stereocenters. The van der Waals surface area contributed by atoms with Gasteiger partial charge in [0.15, 0.2) is 0 Å². The van der Waals surface area contributed by atoms with Crippen molar-refractivity contribution >= 4 is 16.2 Å². The van der Waals surface area contributed by atoms with Crippen LogP contribution in [0.25, 0.3) is 0 Å². The van der Waals surface area contributed by atoms with Crippen LogP contribution in [0, 0.1) is 0 Å². The molecule has 6 nitrogen and oxygen atoms in total. The summed E-state index contributed by atoms with van der Waals surface area (Å²) in [6.07, 6.45) is 1.64. The lowest BCUT2D eigenvalue weighted by Gasteiger charge is -2.26. The van der Waals surface area contributed by atoms with Gasteiger partial charge in [0.05, 0.1) is 0 Å². The first-order valence-corrected chi connectivity index (χ1v) is 6.57.